The first-order valence-corrected chi connectivity index (χ1v) is 37.0. The maximum Gasteiger partial charge on any atom is 0.306 e. The van der Waals surface area contributed by atoms with E-state index in [0.717, 1.165) is 109 Å². The second-order valence-corrected chi connectivity index (χ2v) is 25.5. The van der Waals surface area contributed by atoms with Crippen molar-refractivity contribution >= 4 is 17.9 Å². The predicted octanol–water partition coefficient (Wildman–Crippen LogP) is 22.1. The van der Waals surface area contributed by atoms with Crippen molar-refractivity contribution in [3.8, 4) is 0 Å². The van der Waals surface area contributed by atoms with Crippen molar-refractivity contribution < 1.29 is 42.9 Å². The van der Waals surface area contributed by atoms with Crippen molar-refractivity contribution in [1.82, 2.24) is 0 Å². The first-order chi connectivity index (χ1) is 44.6. The van der Waals surface area contributed by atoms with E-state index in [9.17, 15) is 19.5 Å². The van der Waals surface area contributed by atoms with Crippen molar-refractivity contribution in [2.45, 2.75) is 309 Å². The molecule has 0 aliphatic carbocycles. The van der Waals surface area contributed by atoms with Crippen LogP contribution in [0.3, 0.4) is 0 Å². The van der Waals surface area contributed by atoms with Gasteiger partial charge in [-0.3, -0.25) is 9.59 Å². The summed E-state index contributed by atoms with van der Waals surface area (Å²) >= 11 is 0. The van der Waals surface area contributed by atoms with E-state index >= 15 is 0 Å². The Hall–Kier alpha value is -4.83. The summed E-state index contributed by atoms with van der Waals surface area (Å²) in [5, 5.41) is 11.8. The van der Waals surface area contributed by atoms with Gasteiger partial charge >= 0.3 is 11.9 Å². The minimum absolute atomic E-state index is 0.133. The lowest BCUT2D eigenvalue weighted by molar-refractivity contribution is -0.870. The van der Waals surface area contributed by atoms with E-state index in [1.807, 2.05) is 21.1 Å². The predicted molar refractivity (Wildman–Crippen MR) is 389 cm³/mol. The van der Waals surface area contributed by atoms with Crippen LogP contribution in [0.5, 0.6) is 0 Å². The van der Waals surface area contributed by atoms with Crippen molar-refractivity contribution in [2.24, 2.45) is 0 Å². The molecular weight excluding hydrogens is 1130 g/mol. The summed E-state index contributed by atoms with van der Waals surface area (Å²) in [4.78, 5) is 37.5. The maximum absolute atomic E-state index is 12.9. The summed E-state index contributed by atoms with van der Waals surface area (Å²) in [6.07, 6.45) is 101. The molecule has 0 heterocycles. The van der Waals surface area contributed by atoms with Gasteiger partial charge in [-0.2, -0.15) is 0 Å². The number of unbranched alkanes of at least 4 members (excludes halogenated alkanes) is 28. The Kier molecular flexibility index (Phi) is 67.3. The molecule has 0 spiro atoms. The highest BCUT2D eigenvalue weighted by Gasteiger charge is 2.22. The van der Waals surface area contributed by atoms with Gasteiger partial charge in [0.15, 0.2) is 12.4 Å². The first kappa shape index (κ1) is 86.2. The molecule has 0 aliphatic rings. The second kappa shape index (κ2) is 71.0. The van der Waals surface area contributed by atoms with Crippen LogP contribution >= 0.6 is 0 Å². The number of allylic oxidation sites excluding steroid dienone is 24. The zero-order valence-corrected chi connectivity index (χ0v) is 59.2. The van der Waals surface area contributed by atoms with Gasteiger partial charge in [-0.25, -0.2) is 0 Å². The summed E-state index contributed by atoms with van der Waals surface area (Å²) in [6, 6.07) is 0. The van der Waals surface area contributed by atoms with E-state index in [1.54, 1.807) is 0 Å². The van der Waals surface area contributed by atoms with Crippen LogP contribution in [0.15, 0.2) is 146 Å². The molecule has 0 saturated carbocycles. The van der Waals surface area contributed by atoms with E-state index in [0.29, 0.717) is 17.4 Å². The molecule has 0 aliphatic heterocycles. The summed E-state index contributed by atoms with van der Waals surface area (Å²) < 4.78 is 22.7. The van der Waals surface area contributed by atoms with Gasteiger partial charge in [0, 0.05) is 12.8 Å². The molecule has 0 aromatic carbocycles. The molecule has 518 valence electrons. The van der Waals surface area contributed by atoms with Crippen molar-refractivity contribution in [3.63, 3.8) is 0 Å². The number of esters is 2. The first-order valence-electron chi connectivity index (χ1n) is 37.0. The van der Waals surface area contributed by atoms with Gasteiger partial charge in [-0.05, 0) is 103 Å². The Labute approximate surface area is 560 Å². The lowest BCUT2D eigenvalue weighted by Gasteiger charge is -2.26. The third-order valence-electron chi connectivity index (χ3n) is 15.6. The number of carbonyl (C=O) groups excluding carboxylic acids is 3. The fraction of sp³-hybridized carbons (Fsp3) is 0.671. The number of quaternary nitrogens is 1. The third kappa shape index (κ3) is 72.5. The average molecular weight is 1260 g/mol. The fourth-order valence-corrected chi connectivity index (χ4v) is 9.99. The number of carboxylic acids is 1. The number of carboxylic acid groups (broad SMARTS) is 1. The van der Waals surface area contributed by atoms with Gasteiger partial charge in [0.1, 0.15) is 13.2 Å². The van der Waals surface area contributed by atoms with Crippen LogP contribution in [0.2, 0.25) is 0 Å². The standard InChI is InChI=1S/C82H137NO8/c1-6-8-10-12-14-16-18-20-22-24-26-28-30-32-34-35-36-37-38-39-40-41-42-43-44-45-47-49-51-53-55-57-59-61-63-65-67-69-71-73-80(85)91-78(77-90-82(81(86)87)88-75-74-83(3,4)5)76-89-79(84)72-70-68-66-64-62-60-58-56-54-52-50-48-46-33-31-29-27-25-23-21-19-17-15-13-11-9-7-2/h8,10,14,16,20,22,26,28,32,34,36-37,39-40,42-43,45,47,51,53,57,59,63,65,78,82H,6-7,9,11-13,15,17-19,21,23-25,27,29-31,33,35,38,41,44,46,48-50,52,54-56,58,60-62,64,66-77H2,1-5H3/b10-8-,16-14-,22-20-,28-26-,34-32-,37-36-,40-39-,43-42-,47-45-,53-51-,59-57-,65-63-. The molecule has 9 heteroatoms. The monoisotopic (exact) mass is 1260 g/mol. The van der Waals surface area contributed by atoms with Crippen molar-refractivity contribution in [1.29, 1.82) is 0 Å². The van der Waals surface area contributed by atoms with E-state index in [-0.39, 0.29) is 38.6 Å². The van der Waals surface area contributed by atoms with E-state index in [4.69, 9.17) is 18.9 Å². The van der Waals surface area contributed by atoms with Gasteiger partial charge in [-0.15, -0.1) is 0 Å². The summed E-state index contributed by atoms with van der Waals surface area (Å²) in [5.41, 5.74) is 0. The van der Waals surface area contributed by atoms with Gasteiger partial charge in [0.05, 0.1) is 40.3 Å². The molecule has 2 atom stereocenters. The normalized spacial score (nSPS) is 13.5. The Morgan fingerprint density at radius 2 is 0.626 bits per heavy atom. The van der Waals surface area contributed by atoms with E-state index in [1.165, 1.54) is 154 Å². The molecule has 2 unspecified atom stereocenters. The molecule has 0 radical (unpaired) electrons. The van der Waals surface area contributed by atoms with Gasteiger partial charge in [0.25, 0.3) is 0 Å². The molecule has 0 saturated heterocycles. The van der Waals surface area contributed by atoms with E-state index < -0.39 is 24.3 Å². The summed E-state index contributed by atoms with van der Waals surface area (Å²) in [6.45, 7) is 4.60. The molecule has 0 aromatic rings. The smallest absolute Gasteiger partial charge is 0.306 e. The SMILES string of the molecule is CC/C=C\C/C=C\C/C=C\C/C=C\C/C=C\C/C=C\C/C=C\C/C=C\C/C=C\C/C=C\C/C=C\C/C=C\CCCCC(=O)OC(COC(=O)CCCCCCCCCCCCCCCCCCCCCCCCCCCCC)COC(OCC[N+](C)(C)C)C(=O)[O-]. The van der Waals surface area contributed by atoms with Crippen LogP contribution in [-0.2, 0) is 33.3 Å². The number of nitrogens with zero attached hydrogens (tertiary/aromatic N) is 1. The van der Waals surface area contributed by atoms with Crippen LogP contribution < -0.4 is 5.11 Å². The summed E-state index contributed by atoms with van der Waals surface area (Å²) in [5.74, 6) is -2.34. The zero-order chi connectivity index (χ0) is 66.1. The highest BCUT2D eigenvalue weighted by molar-refractivity contribution is 5.70. The Morgan fingerprint density at radius 1 is 0.341 bits per heavy atom. The number of ether oxygens (including phenoxy) is 4. The van der Waals surface area contributed by atoms with Crippen LogP contribution in [0, 0.1) is 0 Å². The molecular formula is C82H137NO8. The van der Waals surface area contributed by atoms with Gasteiger partial charge in [-0.1, -0.05) is 327 Å². The highest BCUT2D eigenvalue weighted by atomic mass is 16.7. The minimum atomic E-state index is -1.64. The molecule has 9 nitrogen and oxygen atoms in total. The zero-order valence-electron chi connectivity index (χ0n) is 59.2. The quantitative estimate of drug-likeness (QED) is 0.0195. The lowest BCUT2D eigenvalue weighted by Crippen LogP contribution is -2.44. The molecule has 91 heavy (non-hydrogen) atoms. The number of likely N-dealkylation sites (N-methyl/N-ethyl adjacent to an activating group) is 1. The number of aliphatic carboxylic acids is 1. The number of hydrogen-bond donors (Lipinski definition) is 0. The highest BCUT2D eigenvalue weighted by Crippen LogP contribution is 2.17. The molecule has 0 aromatic heterocycles. The lowest BCUT2D eigenvalue weighted by atomic mass is 10.0. The van der Waals surface area contributed by atoms with Crippen LogP contribution in [0.1, 0.15) is 296 Å². The second-order valence-electron chi connectivity index (χ2n) is 25.5. The minimum Gasteiger partial charge on any atom is -0.545 e. The Morgan fingerprint density at radius 3 is 0.934 bits per heavy atom. The van der Waals surface area contributed by atoms with Crippen molar-refractivity contribution in [2.75, 3.05) is 47.5 Å². The largest absolute Gasteiger partial charge is 0.545 e. The van der Waals surface area contributed by atoms with Gasteiger partial charge < -0.3 is 33.3 Å². The molecule has 0 rings (SSSR count). The average Bonchev–Trinajstić information content (AvgIpc) is 3.46. The Balaban J connectivity index is 4.22. The van der Waals surface area contributed by atoms with E-state index in [2.05, 4.69) is 160 Å². The third-order valence-corrected chi connectivity index (χ3v) is 15.6. The Bertz CT molecular complexity index is 2010. The van der Waals surface area contributed by atoms with Crippen LogP contribution in [-0.4, -0.2) is 82.3 Å². The molecule has 0 N–H and O–H groups in total. The molecule has 0 amide bonds. The number of carbonyl (C=O) groups is 3. The van der Waals surface area contributed by atoms with Crippen LogP contribution in [0.25, 0.3) is 0 Å². The molecule has 0 bridgehead atoms. The van der Waals surface area contributed by atoms with Gasteiger partial charge in [0.2, 0.25) is 0 Å². The number of hydrogen-bond acceptors (Lipinski definition) is 8. The fourth-order valence-electron chi connectivity index (χ4n) is 9.99. The van der Waals surface area contributed by atoms with Crippen LogP contribution in [0.4, 0.5) is 0 Å². The topological polar surface area (TPSA) is 111 Å². The molecule has 0 fully saturated rings. The summed E-state index contributed by atoms with van der Waals surface area (Å²) in [7, 11) is 5.91. The van der Waals surface area contributed by atoms with Crippen molar-refractivity contribution in [3.05, 3.63) is 146 Å². The maximum atomic E-state index is 12.9. The number of rotatable bonds is 67.